The van der Waals surface area contributed by atoms with Gasteiger partial charge in [0.05, 0.1) is 6.61 Å². The van der Waals surface area contributed by atoms with Crippen LogP contribution in [-0.2, 0) is 4.74 Å². The first-order valence-electron chi connectivity index (χ1n) is 6.92. The molecule has 1 unspecified atom stereocenters. The van der Waals surface area contributed by atoms with Crippen molar-refractivity contribution in [2.45, 2.75) is 52.4 Å². The minimum absolute atomic E-state index is 0.494. The lowest BCUT2D eigenvalue weighted by atomic mass is 9.68. The highest BCUT2D eigenvalue weighted by Crippen LogP contribution is 2.40. The molecule has 96 valence electrons. The summed E-state index contributed by atoms with van der Waals surface area (Å²) in [4.78, 5) is 0. The van der Waals surface area contributed by atoms with Gasteiger partial charge in [-0.2, -0.15) is 0 Å². The van der Waals surface area contributed by atoms with E-state index in [2.05, 4.69) is 19.2 Å². The highest BCUT2D eigenvalue weighted by atomic mass is 16.5. The minimum Gasteiger partial charge on any atom is -0.383 e. The van der Waals surface area contributed by atoms with Crippen molar-refractivity contribution in [1.82, 2.24) is 5.32 Å². The molecule has 0 aromatic rings. The Labute approximate surface area is 101 Å². The van der Waals surface area contributed by atoms with Crippen LogP contribution in [0.1, 0.15) is 52.4 Å². The fourth-order valence-corrected chi connectivity index (χ4v) is 2.91. The third-order valence-electron chi connectivity index (χ3n) is 4.41. The number of methoxy groups -OCH3 is 1. The van der Waals surface area contributed by atoms with Crippen molar-refractivity contribution in [2.75, 3.05) is 26.8 Å². The minimum atomic E-state index is 0.494. The third kappa shape index (κ3) is 4.06. The molecule has 1 rings (SSSR count). The van der Waals surface area contributed by atoms with E-state index in [4.69, 9.17) is 4.74 Å². The van der Waals surface area contributed by atoms with E-state index in [0.29, 0.717) is 5.41 Å². The first-order valence-corrected chi connectivity index (χ1v) is 6.92. The number of hydrogen-bond donors (Lipinski definition) is 1. The van der Waals surface area contributed by atoms with Crippen LogP contribution < -0.4 is 5.32 Å². The smallest absolute Gasteiger partial charge is 0.0587 e. The molecule has 0 aromatic heterocycles. The van der Waals surface area contributed by atoms with Crippen molar-refractivity contribution >= 4 is 0 Å². The number of nitrogens with one attached hydrogen (secondary N) is 1. The van der Waals surface area contributed by atoms with E-state index in [1.165, 1.54) is 38.5 Å². The molecule has 1 atom stereocenters. The van der Waals surface area contributed by atoms with Crippen molar-refractivity contribution in [3.05, 3.63) is 0 Å². The number of hydrogen-bond acceptors (Lipinski definition) is 2. The fraction of sp³-hybridized carbons (Fsp3) is 1.00. The van der Waals surface area contributed by atoms with Crippen LogP contribution in [-0.4, -0.2) is 26.8 Å². The summed E-state index contributed by atoms with van der Waals surface area (Å²) in [7, 11) is 1.77. The predicted molar refractivity (Wildman–Crippen MR) is 69.7 cm³/mol. The lowest BCUT2D eigenvalue weighted by molar-refractivity contribution is 0.122. The molecular formula is C14H29NO. The van der Waals surface area contributed by atoms with Gasteiger partial charge in [-0.1, -0.05) is 33.1 Å². The van der Waals surface area contributed by atoms with E-state index in [-0.39, 0.29) is 0 Å². The van der Waals surface area contributed by atoms with Crippen LogP contribution in [0.15, 0.2) is 0 Å². The maximum Gasteiger partial charge on any atom is 0.0587 e. The Morgan fingerprint density at radius 3 is 2.50 bits per heavy atom. The van der Waals surface area contributed by atoms with Gasteiger partial charge in [-0.3, -0.25) is 0 Å². The molecule has 1 aliphatic rings. The highest BCUT2D eigenvalue weighted by molar-refractivity contribution is 4.85. The molecule has 0 saturated heterocycles. The Kier molecular flexibility index (Phi) is 6.37. The molecule has 0 heterocycles. The molecule has 1 N–H and O–H groups in total. The zero-order valence-electron chi connectivity index (χ0n) is 11.3. The van der Waals surface area contributed by atoms with E-state index < -0.39 is 0 Å². The largest absolute Gasteiger partial charge is 0.383 e. The van der Waals surface area contributed by atoms with Crippen molar-refractivity contribution in [2.24, 2.45) is 11.3 Å². The first kappa shape index (κ1) is 14.0. The second-order valence-corrected chi connectivity index (χ2v) is 5.51. The van der Waals surface area contributed by atoms with E-state index in [1.54, 1.807) is 7.11 Å². The molecule has 0 aliphatic heterocycles. The third-order valence-corrected chi connectivity index (χ3v) is 4.41. The average molecular weight is 227 g/mol. The van der Waals surface area contributed by atoms with E-state index in [0.717, 1.165) is 25.6 Å². The molecule has 1 aliphatic carbocycles. The molecule has 0 aromatic carbocycles. The standard InChI is InChI=1S/C14H29NO/c1-4-14(2,12-15-10-11-16-3)13-8-6-5-7-9-13/h13,15H,4-12H2,1-3H3. The van der Waals surface area contributed by atoms with E-state index in [9.17, 15) is 0 Å². The van der Waals surface area contributed by atoms with Gasteiger partial charge in [-0.25, -0.2) is 0 Å². The summed E-state index contributed by atoms with van der Waals surface area (Å²) in [6, 6.07) is 0. The van der Waals surface area contributed by atoms with Crippen molar-refractivity contribution in [1.29, 1.82) is 0 Å². The summed E-state index contributed by atoms with van der Waals surface area (Å²) in [6.07, 6.45) is 8.51. The van der Waals surface area contributed by atoms with Gasteiger partial charge in [-0.05, 0) is 30.6 Å². The van der Waals surface area contributed by atoms with Crippen LogP contribution in [0.2, 0.25) is 0 Å². The Hall–Kier alpha value is -0.0800. The molecule has 0 radical (unpaired) electrons. The molecule has 16 heavy (non-hydrogen) atoms. The van der Waals surface area contributed by atoms with Gasteiger partial charge in [0, 0.05) is 20.2 Å². The van der Waals surface area contributed by atoms with Gasteiger partial charge in [0.1, 0.15) is 0 Å². The van der Waals surface area contributed by atoms with Gasteiger partial charge in [0.25, 0.3) is 0 Å². The summed E-state index contributed by atoms with van der Waals surface area (Å²) in [5, 5.41) is 3.55. The molecule has 0 spiro atoms. The lowest BCUT2D eigenvalue weighted by Gasteiger charge is -2.39. The molecule has 2 heteroatoms. The molecule has 0 amide bonds. The maximum atomic E-state index is 5.07. The van der Waals surface area contributed by atoms with Crippen LogP contribution in [0.5, 0.6) is 0 Å². The van der Waals surface area contributed by atoms with Gasteiger partial charge in [0.2, 0.25) is 0 Å². The first-order chi connectivity index (χ1) is 7.73. The second-order valence-electron chi connectivity index (χ2n) is 5.51. The van der Waals surface area contributed by atoms with E-state index in [1.807, 2.05) is 0 Å². The molecular weight excluding hydrogens is 198 g/mol. The summed E-state index contributed by atoms with van der Waals surface area (Å²) in [6.45, 7) is 7.76. The van der Waals surface area contributed by atoms with Crippen molar-refractivity contribution in [3.8, 4) is 0 Å². The summed E-state index contributed by atoms with van der Waals surface area (Å²) in [5.74, 6) is 0.932. The van der Waals surface area contributed by atoms with Crippen molar-refractivity contribution in [3.63, 3.8) is 0 Å². The number of ether oxygens (including phenoxy) is 1. The van der Waals surface area contributed by atoms with Gasteiger partial charge in [-0.15, -0.1) is 0 Å². The molecule has 0 bridgehead atoms. The second kappa shape index (κ2) is 7.29. The Bertz CT molecular complexity index is 178. The fourth-order valence-electron chi connectivity index (χ4n) is 2.91. The normalized spacial score (nSPS) is 21.9. The average Bonchev–Trinajstić information content (AvgIpc) is 2.35. The summed E-state index contributed by atoms with van der Waals surface area (Å²) in [5.41, 5.74) is 0.494. The van der Waals surface area contributed by atoms with Crippen LogP contribution >= 0.6 is 0 Å². The van der Waals surface area contributed by atoms with Gasteiger partial charge >= 0.3 is 0 Å². The SMILES string of the molecule is CCC(C)(CNCCOC)C1CCCCC1. The summed E-state index contributed by atoms with van der Waals surface area (Å²) >= 11 is 0. The quantitative estimate of drug-likeness (QED) is 0.674. The van der Waals surface area contributed by atoms with Crippen LogP contribution in [0, 0.1) is 11.3 Å². The van der Waals surface area contributed by atoms with Gasteiger partial charge in [0.15, 0.2) is 0 Å². The van der Waals surface area contributed by atoms with E-state index >= 15 is 0 Å². The Balaban J connectivity index is 2.35. The van der Waals surface area contributed by atoms with Crippen molar-refractivity contribution < 1.29 is 4.74 Å². The Morgan fingerprint density at radius 1 is 1.25 bits per heavy atom. The zero-order valence-corrected chi connectivity index (χ0v) is 11.3. The Morgan fingerprint density at radius 2 is 1.94 bits per heavy atom. The number of rotatable bonds is 7. The molecule has 2 nitrogen and oxygen atoms in total. The maximum absolute atomic E-state index is 5.07. The summed E-state index contributed by atoms with van der Waals surface area (Å²) < 4.78 is 5.07. The lowest BCUT2D eigenvalue weighted by Crippen LogP contribution is -2.39. The monoisotopic (exact) mass is 227 g/mol. The van der Waals surface area contributed by atoms with Crippen LogP contribution in [0.3, 0.4) is 0 Å². The molecule has 1 fully saturated rings. The van der Waals surface area contributed by atoms with Gasteiger partial charge < -0.3 is 10.1 Å². The predicted octanol–water partition coefficient (Wildman–Crippen LogP) is 3.22. The molecule has 1 saturated carbocycles. The van der Waals surface area contributed by atoms with Crippen LogP contribution in [0.25, 0.3) is 0 Å². The van der Waals surface area contributed by atoms with Crippen LogP contribution in [0.4, 0.5) is 0 Å². The highest BCUT2D eigenvalue weighted by Gasteiger charge is 2.32. The zero-order chi connectivity index (χ0) is 11.9. The topological polar surface area (TPSA) is 21.3 Å².